The summed E-state index contributed by atoms with van der Waals surface area (Å²) in [6.45, 7) is 2.22. The van der Waals surface area contributed by atoms with E-state index in [0.29, 0.717) is 5.92 Å². The number of rotatable bonds is 3. The number of amides is 1. The number of nitrogens with one attached hydrogen (secondary N) is 1. The lowest BCUT2D eigenvalue weighted by molar-refractivity contribution is -0.384. The van der Waals surface area contributed by atoms with Gasteiger partial charge in [0.15, 0.2) is 0 Å². The van der Waals surface area contributed by atoms with E-state index in [1.54, 1.807) is 0 Å². The highest BCUT2D eigenvalue weighted by Gasteiger charge is 2.21. The molecule has 1 aromatic carbocycles. The van der Waals surface area contributed by atoms with Gasteiger partial charge in [-0.1, -0.05) is 31.4 Å². The molecule has 1 aliphatic carbocycles. The van der Waals surface area contributed by atoms with Gasteiger partial charge in [0.25, 0.3) is 11.6 Å². The van der Waals surface area contributed by atoms with Gasteiger partial charge in [0.05, 0.1) is 15.5 Å². The van der Waals surface area contributed by atoms with Crippen molar-refractivity contribution in [3.05, 3.63) is 38.9 Å². The van der Waals surface area contributed by atoms with Crippen LogP contribution in [0.25, 0.3) is 0 Å². The van der Waals surface area contributed by atoms with Crippen LogP contribution in [0.15, 0.2) is 18.2 Å². The maximum absolute atomic E-state index is 12.3. The Labute approximate surface area is 128 Å². The Balaban J connectivity index is 2.09. The van der Waals surface area contributed by atoms with Gasteiger partial charge in [-0.3, -0.25) is 14.9 Å². The zero-order valence-electron chi connectivity index (χ0n) is 12.0. The van der Waals surface area contributed by atoms with Crippen molar-refractivity contribution in [2.45, 2.75) is 45.1 Å². The average Bonchev–Trinajstić information content (AvgIpc) is 2.64. The lowest BCUT2D eigenvalue weighted by Crippen LogP contribution is -2.34. The first-order valence-corrected chi connectivity index (χ1v) is 7.60. The predicted octanol–water partition coefficient (Wildman–Crippen LogP) is 3.95. The summed E-state index contributed by atoms with van der Waals surface area (Å²) in [4.78, 5) is 22.5. The molecule has 1 fully saturated rings. The summed E-state index contributed by atoms with van der Waals surface area (Å²) in [5, 5.41) is 14.0. The summed E-state index contributed by atoms with van der Waals surface area (Å²) < 4.78 is 0. The summed E-state index contributed by atoms with van der Waals surface area (Å²) in [6, 6.07) is 4.05. The average molecular weight is 311 g/mol. The molecule has 1 saturated carbocycles. The van der Waals surface area contributed by atoms with Crippen LogP contribution in [0.5, 0.6) is 0 Å². The first-order chi connectivity index (χ1) is 9.97. The van der Waals surface area contributed by atoms with Crippen molar-refractivity contribution in [2.75, 3.05) is 0 Å². The molecule has 2 rings (SSSR count). The SMILES string of the molecule is CC1CCCC(NC(=O)c2cc([N+](=O)[O-])ccc2Cl)CC1. The molecule has 0 radical (unpaired) electrons. The lowest BCUT2D eigenvalue weighted by Gasteiger charge is -2.16. The Kier molecular flexibility index (Phi) is 5.17. The highest BCUT2D eigenvalue weighted by molar-refractivity contribution is 6.33. The second kappa shape index (κ2) is 6.89. The summed E-state index contributed by atoms with van der Waals surface area (Å²) >= 11 is 5.99. The predicted molar refractivity (Wildman–Crippen MR) is 81.6 cm³/mol. The van der Waals surface area contributed by atoms with E-state index >= 15 is 0 Å². The van der Waals surface area contributed by atoms with Crippen LogP contribution in [0.2, 0.25) is 5.02 Å². The molecule has 1 N–H and O–H groups in total. The normalized spacial score (nSPS) is 22.4. The number of nitro benzene ring substituents is 1. The first kappa shape index (κ1) is 15.8. The molecule has 5 nitrogen and oxygen atoms in total. The zero-order chi connectivity index (χ0) is 15.4. The van der Waals surface area contributed by atoms with Gasteiger partial charge in [0, 0.05) is 18.2 Å². The third-order valence-corrected chi connectivity index (χ3v) is 4.33. The van der Waals surface area contributed by atoms with Gasteiger partial charge in [-0.2, -0.15) is 0 Å². The minimum atomic E-state index is -0.527. The van der Waals surface area contributed by atoms with Crippen molar-refractivity contribution < 1.29 is 9.72 Å². The van der Waals surface area contributed by atoms with Crippen LogP contribution in [-0.4, -0.2) is 16.9 Å². The van der Waals surface area contributed by atoms with Crippen molar-refractivity contribution in [1.82, 2.24) is 5.32 Å². The molecule has 2 atom stereocenters. The quantitative estimate of drug-likeness (QED) is 0.522. The number of nitrogens with zero attached hydrogens (tertiary/aromatic N) is 1. The van der Waals surface area contributed by atoms with Crippen molar-refractivity contribution in [2.24, 2.45) is 5.92 Å². The molecule has 1 aromatic rings. The third-order valence-electron chi connectivity index (χ3n) is 4.00. The Hall–Kier alpha value is -1.62. The molecule has 0 heterocycles. The van der Waals surface area contributed by atoms with Gasteiger partial charge in [-0.05, 0) is 31.2 Å². The molecule has 6 heteroatoms. The number of halogens is 1. The zero-order valence-corrected chi connectivity index (χ0v) is 12.7. The fourth-order valence-corrected chi connectivity index (χ4v) is 2.90. The molecular formula is C15H19ClN2O3. The van der Waals surface area contributed by atoms with Gasteiger partial charge in [0.1, 0.15) is 0 Å². The maximum Gasteiger partial charge on any atom is 0.270 e. The molecule has 0 spiro atoms. The second-order valence-corrected chi connectivity index (χ2v) is 6.11. The van der Waals surface area contributed by atoms with Crippen LogP contribution in [0, 0.1) is 16.0 Å². The topological polar surface area (TPSA) is 72.2 Å². The van der Waals surface area contributed by atoms with Gasteiger partial charge in [-0.25, -0.2) is 0 Å². The monoisotopic (exact) mass is 310 g/mol. The van der Waals surface area contributed by atoms with E-state index in [1.165, 1.54) is 24.6 Å². The maximum atomic E-state index is 12.3. The van der Waals surface area contributed by atoms with Gasteiger partial charge in [-0.15, -0.1) is 0 Å². The fraction of sp³-hybridized carbons (Fsp3) is 0.533. The number of carbonyl (C=O) groups excluding carboxylic acids is 1. The first-order valence-electron chi connectivity index (χ1n) is 7.22. The van der Waals surface area contributed by atoms with Crippen LogP contribution in [0.3, 0.4) is 0 Å². The summed E-state index contributed by atoms with van der Waals surface area (Å²) in [6.07, 6.45) is 5.26. The Bertz CT molecular complexity index is 548. The van der Waals surface area contributed by atoms with Crippen molar-refractivity contribution >= 4 is 23.2 Å². The highest BCUT2D eigenvalue weighted by Crippen LogP contribution is 2.25. The Morgan fingerprint density at radius 2 is 2.10 bits per heavy atom. The van der Waals surface area contributed by atoms with Crippen molar-refractivity contribution in [1.29, 1.82) is 0 Å². The number of hydrogen-bond acceptors (Lipinski definition) is 3. The number of non-ortho nitro benzene ring substituents is 1. The largest absolute Gasteiger partial charge is 0.349 e. The molecule has 1 aliphatic rings. The van der Waals surface area contributed by atoms with Crippen LogP contribution in [-0.2, 0) is 0 Å². The number of carbonyl (C=O) groups is 1. The molecular weight excluding hydrogens is 292 g/mol. The molecule has 114 valence electrons. The third kappa shape index (κ3) is 4.17. The number of benzene rings is 1. The van der Waals surface area contributed by atoms with E-state index in [9.17, 15) is 14.9 Å². The van der Waals surface area contributed by atoms with Crippen LogP contribution < -0.4 is 5.32 Å². The highest BCUT2D eigenvalue weighted by atomic mass is 35.5. The Morgan fingerprint density at radius 3 is 2.81 bits per heavy atom. The lowest BCUT2D eigenvalue weighted by atomic mass is 10.0. The van der Waals surface area contributed by atoms with E-state index in [1.807, 2.05) is 0 Å². The van der Waals surface area contributed by atoms with E-state index < -0.39 is 4.92 Å². The van der Waals surface area contributed by atoms with E-state index in [-0.39, 0.29) is 28.2 Å². The fourth-order valence-electron chi connectivity index (χ4n) is 2.70. The van der Waals surface area contributed by atoms with Crippen LogP contribution >= 0.6 is 11.6 Å². The molecule has 0 aromatic heterocycles. The van der Waals surface area contributed by atoms with Crippen LogP contribution in [0.1, 0.15) is 49.4 Å². The molecule has 1 amide bonds. The number of nitro groups is 1. The minimum Gasteiger partial charge on any atom is -0.349 e. The second-order valence-electron chi connectivity index (χ2n) is 5.71. The summed E-state index contributed by atoms with van der Waals surface area (Å²) in [5.41, 5.74) is 0.0437. The summed E-state index contributed by atoms with van der Waals surface area (Å²) in [7, 11) is 0. The standard InChI is InChI=1S/C15H19ClN2O3/c1-10-3-2-4-11(6-5-10)17-15(19)13-9-12(18(20)21)7-8-14(13)16/h7-11H,2-6H2,1H3,(H,17,19). The van der Waals surface area contributed by atoms with Gasteiger partial charge in [0.2, 0.25) is 0 Å². The summed E-state index contributed by atoms with van der Waals surface area (Å²) in [5.74, 6) is 0.358. The van der Waals surface area contributed by atoms with E-state index in [2.05, 4.69) is 12.2 Å². The molecule has 21 heavy (non-hydrogen) atoms. The van der Waals surface area contributed by atoms with Gasteiger partial charge >= 0.3 is 0 Å². The van der Waals surface area contributed by atoms with Crippen molar-refractivity contribution in [3.63, 3.8) is 0 Å². The molecule has 2 unspecified atom stereocenters. The van der Waals surface area contributed by atoms with E-state index in [4.69, 9.17) is 11.6 Å². The molecule has 0 bridgehead atoms. The van der Waals surface area contributed by atoms with Crippen LogP contribution in [0.4, 0.5) is 5.69 Å². The van der Waals surface area contributed by atoms with E-state index in [0.717, 1.165) is 25.7 Å². The van der Waals surface area contributed by atoms with Crippen molar-refractivity contribution in [3.8, 4) is 0 Å². The smallest absolute Gasteiger partial charge is 0.270 e. The van der Waals surface area contributed by atoms with Gasteiger partial charge < -0.3 is 5.32 Å². The molecule has 0 saturated heterocycles. The minimum absolute atomic E-state index is 0.123. The molecule has 0 aliphatic heterocycles. The Morgan fingerprint density at radius 1 is 1.33 bits per heavy atom. The number of hydrogen-bond donors (Lipinski definition) is 1.